The monoisotopic (exact) mass is 342 g/mol. The molecule has 0 saturated carbocycles. The highest BCUT2D eigenvalue weighted by molar-refractivity contribution is 7.99. The molecule has 0 aliphatic carbocycles. The second kappa shape index (κ2) is 7.26. The van der Waals surface area contributed by atoms with Crippen LogP contribution in [0.2, 0.25) is 0 Å². The molecule has 1 aromatic carbocycles. The van der Waals surface area contributed by atoms with Gasteiger partial charge in [-0.05, 0) is 30.3 Å². The molecule has 0 spiro atoms. The zero-order chi connectivity index (χ0) is 16.1. The number of carbonyl (C=O) groups is 1. The molecule has 7 heteroatoms. The Morgan fingerprint density at radius 3 is 2.78 bits per heavy atom. The average molecular weight is 342 g/mol. The van der Waals surface area contributed by atoms with Crippen LogP contribution < -0.4 is 5.32 Å². The summed E-state index contributed by atoms with van der Waals surface area (Å²) in [6, 6.07) is 7.66. The minimum absolute atomic E-state index is 0.178. The Hall–Kier alpha value is -2.38. The first kappa shape index (κ1) is 15.5. The van der Waals surface area contributed by atoms with Gasteiger partial charge in [0.05, 0.1) is 11.2 Å². The minimum atomic E-state index is -0.178. The van der Waals surface area contributed by atoms with Crippen molar-refractivity contribution in [3.63, 3.8) is 0 Å². The van der Waals surface area contributed by atoms with Gasteiger partial charge in [0.1, 0.15) is 0 Å². The maximum Gasteiger partial charge on any atom is 0.248 e. The molecule has 2 aromatic heterocycles. The number of thiazole rings is 1. The van der Waals surface area contributed by atoms with E-state index in [4.69, 9.17) is 0 Å². The maximum absolute atomic E-state index is 11.9. The second-order valence-corrected chi connectivity index (χ2v) is 6.44. The Labute approximate surface area is 142 Å². The molecule has 0 atom stereocenters. The fourth-order valence-electron chi connectivity index (χ4n) is 1.81. The Bertz CT molecular complexity index is 807. The number of hydrogen-bond donors (Lipinski definition) is 1. The standard InChI is InChI=1S/C16H14N4OS2/c1-20-9-8-17-16(20)23-14-5-2-12(3-6-14)19-15(21)7-4-13-10-22-11-18-13/h2-11H,1H3,(H,19,21)/b7-4+. The van der Waals surface area contributed by atoms with E-state index in [1.54, 1.807) is 29.5 Å². The Balaban J connectivity index is 1.59. The molecule has 0 aliphatic heterocycles. The van der Waals surface area contributed by atoms with E-state index >= 15 is 0 Å². The predicted molar refractivity (Wildman–Crippen MR) is 93.6 cm³/mol. The van der Waals surface area contributed by atoms with Gasteiger partial charge in [0.2, 0.25) is 5.91 Å². The molecule has 0 bridgehead atoms. The minimum Gasteiger partial charge on any atom is -0.329 e. The summed E-state index contributed by atoms with van der Waals surface area (Å²) in [5.74, 6) is -0.178. The van der Waals surface area contributed by atoms with E-state index in [0.29, 0.717) is 0 Å². The van der Waals surface area contributed by atoms with E-state index in [1.165, 1.54) is 17.4 Å². The molecule has 2 heterocycles. The van der Waals surface area contributed by atoms with E-state index in [0.717, 1.165) is 21.4 Å². The molecule has 0 aliphatic rings. The maximum atomic E-state index is 11.9. The van der Waals surface area contributed by atoms with E-state index in [-0.39, 0.29) is 5.91 Å². The van der Waals surface area contributed by atoms with Crippen molar-refractivity contribution >= 4 is 40.8 Å². The molecule has 3 aromatic rings. The number of hydrogen-bond acceptors (Lipinski definition) is 5. The van der Waals surface area contributed by atoms with Crippen LogP contribution in [0.1, 0.15) is 5.69 Å². The molecule has 1 amide bonds. The predicted octanol–water partition coefficient (Wildman–Crippen LogP) is 3.68. The number of aryl methyl sites for hydroxylation is 1. The molecule has 0 unspecified atom stereocenters. The molecule has 0 fully saturated rings. The van der Waals surface area contributed by atoms with Crippen LogP contribution in [-0.2, 0) is 11.8 Å². The van der Waals surface area contributed by atoms with Crippen molar-refractivity contribution in [2.24, 2.45) is 7.05 Å². The van der Waals surface area contributed by atoms with Gasteiger partial charge < -0.3 is 9.88 Å². The van der Waals surface area contributed by atoms with Gasteiger partial charge >= 0.3 is 0 Å². The number of nitrogens with zero attached hydrogens (tertiary/aromatic N) is 3. The topological polar surface area (TPSA) is 59.8 Å². The summed E-state index contributed by atoms with van der Waals surface area (Å²) in [7, 11) is 1.96. The van der Waals surface area contributed by atoms with Crippen molar-refractivity contribution in [1.82, 2.24) is 14.5 Å². The first-order chi connectivity index (χ1) is 11.2. The van der Waals surface area contributed by atoms with E-state index < -0.39 is 0 Å². The molecular formula is C16H14N4OS2. The Kier molecular flexibility index (Phi) is 4.89. The number of nitrogens with one attached hydrogen (secondary N) is 1. The number of aromatic nitrogens is 3. The van der Waals surface area contributed by atoms with Crippen molar-refractivity contribution in [3.8, 4) is 0 Å². The van der Waals surface area contributed by atoms with E-state index in [9.17, 15) is 4.79 Å². The second-order valence-electron chi connectivity index (χ2n) is 4.68. The van der Waals surface area contributed by atoms with Crippen LogP contribution in [0.5, 0.6) is 0 Å². The van der Waals surface area contributed by atoms with Gasteiger partial charge in [0, 0.05) is 41.5 Å². The van der Waals surface area contributed by atoms with Crippen LogP contribution >= 0.6 is 23.1 Å². The number of rotatable bonds is 5. The number of anilines is 1. The number of imidazole rings is 1. The van der Waals surface area contributed by atoms with Gasteiger partial charge in [-0.3, -0.25) is 4.79 Å². The van der Waals surface area contributed by atoms with Crippen LogP contribution in [0.3, 0.4) is 0 Å². The molecule has 0 radical (unpaired) electrons. The van der Waals surface area contributed by atoms with Gasteiger partial charge in [0.15, 0.2) is 5.16 Å². The molecule has 3 rings (SSSR count). The quantitative estimate of drug-likeness (QED) is 0.719. The SMILES string of the molecule is Cn1ccnc1Sc1ccc(NC(=O)/C=C/c2cscn2)cc1. The van der Waals surface area contributed by atoms with E-state index in [1.807, 2.05) is 47.5 Å². The first-order valence-corrected chi connectivity index (χ1v) is 8.59. The molecular weight excluding hydrogens is 328 g/mol. The Morgan fingerprint density at radius 1 is 1.30 bits per heavy atom. The van der Waals surface area contributed by atoms with Crippen LogP contribution in [-0.4, -0.2) is 20.4 Å². The third-order valence-corrected chi connectivity index (χ3v) is 4.65. The first-order valence-electron chi connectivity index (χ1n) is 6.83. The summed E-state index contributed by atoms with van der Waals surface area (Å²) in [5.41, 5.74) is 3.27. The lowest BCUT2D eigenvalue weighted by atomic mass is 10.3. The van der Waals surface area contributed by atoms with E-state index in [2.05, 4.69) is 15.3 Å². The smallest absolute Gasteiger partial charge is 0.248 e. The summed E-state index contributed by atoms with van der Waals surface area (Å²) in [6.45, 7) is 0. The fourth-order valence-corrected chi connectivity index (χ4v) is 3.13. The van der Waals surface area contributed by atoms with Crippen molar-refractivity contribution in [2.75, 3.05) is 5.32 Å². The van der Waals surface area contributed by atoms with Gasteiger partial charge in [-0.2, -0.15) is 0 Å². The lowest BCUT2D eigenvalue weighted by Crippen LogP contribution is -2.07. The van der Waals surface area contributed by atoms with Gasteiger partial charge in [0.25, 0.3) is 0 Å². The van der Waals surface area contributed by atoms with Crippen LogP contribution in [0, 0.1) is 0 Å². The highest BCUT2D eigenvalue weighted by atomic mass is 32.2. The summed E-state index contributed by atoms with van der Waals surface area (Å²) < 4.78 is 1.96. The molecule has 116 valence electrons. The molecule has 0 saturated heterocycles. The van der Waals surface area contributed by atoms with Crippen molar-refractivity contribution in [2.45, 2.75) is 10.1 Å². The van der Waals surface area contributed by atoms with Gasteiger partial charge in [-0.15, -0.1) is 11.3 Å². The third-order valence-electron chi connectivity index (χ3n) is 2.96. The van der Waals surface area contributed by atoms with Crippen molar-refractivity contribution in [1.29, 1.82) is 0 Å². The normalized spacial score (nSPS) is 11.0. The average Bonchev–Trinajstić information content (AvgIpc) is 3.20. The highest BCUT2D eigenvalue weighted by Gasteiger charge is 2.03. The Morgan fingerprint density at radius 2 is 2.13 bits per heavy atom. The van der Waals surface area contributed by atoms with Crippen molar-refractivity contribution < 1.29 is 4.79 Å². The number of benzene rings is 1. The van der Waals surface area contributed by atoms with Crippen LogP contribution in [0.15, 0.2) is 63.7 Å². The lowest BCUT2D eigenvalue weighted by molar-refractivity contribution is -0.111. The van der Waals surface area contributed by atoms with Gasteiger partial charge in [-0.1, -0.05) is 11.8 Å². The fraction of sp³-hybridized carbons (Fsp3) is 0.0625. The zero-order valence-electron chi connectivity index (χ0n) is 12.3. The van der Waals surface area contributed by atoms with Crippen molar-refractivity contribution in [3.05, 3.63) is 59.3 Å². The summed E-state index contributed by atoms with van der Waals surface area (Å²) in [5, 5.41) is 5.63. The summed E-state index contributed by atoms with van der Waals surface area (Å²) in [4.78, 5) is 21.3. The highest BCUT2D eigenvalue weighted by Crippen LogP contribution is 2.26. The third kappa shape index (κ3) is 4.30. The van der Waals surface area contributed by atoms with Crippen LogP contribution in [0.4, 0.5) is 5.69 Å². The lowest BCUT2D eigenvalue weighted by Gasteiger charge is -2.04. The molecule has 5 nitrogen and oxygen atoms in total. The number of carbonyl (C=O) groups excluding carboxylic acids is 1. The van der Waals surface area contributed by atoms with Crippen LogP contribution in [0.25, 0.3) is 6.08 Å². The summed E-state index contributed by atoms with van der Waals surface area (Å²) in [6.07, 6.45) is 6.85. The van der Waals surface area contributed by atoms with Gasteiger partial charge in [-0.25, -0.2) is 9.97 Å². The molecule has 23 heavy (non-hydrogen) atoms. The summed E-state index contributed by atoms with van der Waals surface area (Å²) >= 11 is 3.07. The number of amides is 1. The zero-order valence-corrected chi connectivity index (χ0v) is 14.0. The largest absolute Gasteiger partial charge is 0.329 e. The molecule has 1 N–H and O–H groups in total.